The zero-order valence-corrected chi connectivity index (χ0v) is 13.5. The van der Waals surface area contributed by atoms with Gasteiger partial charge in [0.1, 0.15) is 5.82 Å². The van der Waals surface area contributed by atoms with Crippen molar-refractivity contribution in [3.63, 3.8) is 0 Å². The Balaban J connectivity index is 1.63. The summed E-state index contributed by atoms with van der Waals surface area (Å²) in [6, 6.07) is 12.0. The number of hydrogen-bond donors (Lipinski definition) is 2. The molecule has 0 aliphatic carbocycles. The van der Waals surface area contributed by atoms with Crippen LogP contribution in [0.2, 0.25) is 0 Å². The molecule has 0 saturated carbocycles. The van der Waals surface area contributed by atoms with Crippen LogP contribution in [0, 0.1) is 11.0 Å². The second-order valence-corrected chi connectivity index (χ2v) is 6.11. The van der Waals surface area contributed by atoms with Crippen molar-refractivity contribution in [2.45, 2.75) is 0 Å². The molecule has 126 valence electrons. The fourth-order valence-electron chi connectivity index (χ4n) is 2.04. The second-order valence-electron chi connectivity index (χ2n) is 5.03. The van der Waals surface area contributed by atoms with Gasteiger partial charge in [-0.3, -0.25) is 20.4 Å². The van der Waals surface area contributed by atoms with Gasteiger partial charge < -0.3 is 5.21 Å². The maximum absolute atomic E-state index is 13.0. The number of nitrogens with one attached hydrogen (secondary N) is 2. The highest BCUT2D eigenvalue weighted by molar-refractivity contribution is 7.17. The minimum absolute atomic E-state index is 0.241. The summed E-state index contributed by atoms with van der Waals surface area (Å²) < 4.78 is 13.5. The Bertz CT molecular complexity index is 908. The molecule has 0 aliphatic heterocycles. The van der Waals surface area contributed by atoms with E-state index in [-0.39, 0.29) is 11.4 Å². The first-order valence-electron chi connectivity index (χ1n) is 7.18. The van der Waals surface area contributed by atoms with Crippen molar-refractivity contribution in [2.24, 2.45) is 0 Å². The first-order chi connectivity index (χ1) is 12.0. The summed E-state index contributed by atoms with van der Waals surface area (Å²) in [5, 5.41) is 10.9. The van der Waals surface area contributed by atoms with Gasteiger partial charge in [0, 0.05) is 17.0 Å². The van der Waals surface area contributed by atoms with E-state index in [0.717, 1.165) is 10.4 Å². The highest BCUT2D eigenvalue weighted by Crippen LogP contribution is 2.28. The number of thiophene rings is 1. The standard InChI is InChI=1S/C17H12FN3O3S/c18-13-3-1-11(2-4-13)14-5-6-15(25-14)17(23)20-19-16(22)12-7-9-21(24)10-8-12/h1-10H,(H,19,22)(H,20,23). The highest BCUT2D eigenvalue weighted by Gasteiger charge is 2.12. The third-order valence-corrected chi connectivity index (χ3v) is 4.45. The maximum Gasteiger partial charge on any atom is 0.279 e. The van der Waals surface area contributed by atoms with Crippen molar-refractivity contribution >= 4 is 23.2 Å². The van der Waals surface area contributed by atoms with Crippen LogP contribution >= 0.6 is 11.3 Å². The Hall–Kier alpha value is -3.26. The molecule has 0 radical (unpaired) electrons. The van der Waals surface area contributed by atoms with Crippen molar-refractivity contribution in [3.8, 4) is 10.4 Å². The van der Waals surface area contributed by atoms with Gasteiger partial charge in [0.15, 0.2) is 12.4 Å². The summed E-state index contributed by atoms with van der Waals surface area (Å²) in [5.74, 6) is -1.34. The fourth-order valence-corrected chi connectivity index (χ4v) is 2.95. The average Bonchev–Trinajstić information content (AvgIpc) is 3.11. The Kier molecular flexibility index (Phi) is 4.71. The molecule has 2 amide bonds. The van der Waals surface area contributed by atoms with E-state index >= 15 is 0 Å². The summed E-state index contributed by atoms with van der Waals surface area (Å²) in [4.78, 5) is 25.2. The van der Waals surface area contributed by atoms with Crippen LogP contribution in [0.1, 0.15) is 20.0 Å². The minimum Gasteiger partial charge on any atom is -0.619 e. The molecular weight excluding hydrogens is 345 g/mol. The molecule has 2 N–H and O–H groups in total. The number of pyridine rings is 1. The van der Waals surface area contributed by atoms with E-state index < -0.39 is 11.8 Å². The van der Waals surface area contributed by atoms with E-state index in [0.29, 0.717) is 9.61 Å². The molecule has 1 aromatic carbocycles. The van der Waals surface area contributed by atoms with E-state index in [1.165, 1.54) is 48.0 Å². The molecule has 0 aliphatic rings. The highest BCUT2D eigenvalue weighted by atomic mass is 32.1. The van der Waals surface area contributed by atoms with Gasteiger partial charge in [-0.25, -0.2) is 4.39 Å². The smallest absolute Gasteiger partial charge is 0.279 e. The Morgan fingerprint density at radius 1 is 0.920 bits per heavy atom. The van der Waals surface area contributed by atoms with Gasteiger partial charge in [0.25, 0.3) is 11.8 Å². The monoisotopic (exact) mass is 357 g/mol. The predicted octanol–water partition coefficient (Wildman–Crippen LogP) is 2.26. The number of benzene rings is 1. The predicted molar refractivity (Wildman–Crippen MR) is 90.0 cm³/mol. The third kappa shape index (κ3) is 3.99. The summed E-state index contributed by atoms with van der Waals surface area (Å²) in [5.41, 5.74) is 5.63. The second kappa shape index (κ2) is 7.10. The number of hydrogen-bond acceptors (Lipinski definition) is 4. The van der Waals surface area contributed by atoms with Gasteiger partial charge in [-0.05, 0) is 29.8 Å². The van der Waals surface area contributed by atoms with Crippen molar-refractivity contribution in [3.05, 3.63) is 82.4 Å². The molecule has 6 nitrogen and oxygen atoms in total. The molecule has 25 heavy (non-hydrogen) atoms. The molecule has 0 unspecified atom stereocenters. The first-order valence-corrected chi connectivity index (χ1v) is 8.00. The lowest BCUT2D eigenvalue weighted by Crippen LogP contribution is -2.41. The van der Waals surface area contributed by atoms with Crippen LogP contribution in [0.15, 0.2) is 60.9 Å². The average molecular weight is 357 g/mol. The van der Waals surface area contributed by atoms with E-state index in [1.54, 1.807) is 24.3 Å². The van der Waals surface area contributed by atoms with Crippen LogP contribution in [-0.4, -0.2) is 11.8 Å². The topological polar surface area (TPSA) is 85.1 Å². The quantitative estimate of drug-likeness (QED) is 0.428. The van der Waals surface area contributed by atoms with Crippen molar-refractivity contribution in [2.75, 3.05) is 0 Å². The summed E-state index contributed by atoms with van der Waals surface area (Å²) in [7, 11) is 0. The summed E-state index contributed by atoms with van der Waals surface area (Å²) in [6.07, 6.45) is 2.37. The fraction of sp³-hybridized carbons (Fsp3) is 0. The number of nitrogens with zero attached hydrogens (tertiary/aromatic N) is 1. The molecule has 0 atom stereocenters. The largest absolute Gasteiger partial charge is 0.619 e. The van der Waals surface area contributed by atoms with Crippen molar-refractivity contribution in [1.82, 2.24) is 10.9 Å². The first kappa shape index (κ1) is 16.6. The Morgan fingerprint density at radius 2 is 1.56 bits per heavy atom. The maximum atomic E-state index is 13.0. The van der Waals surface area contributed by atoms with Crippen LogP contribution in [0.25, 0.3) is 10.4 Å². The van der Waals surface area contributed by atoms with E-state index in [2.05, 4.69) is 10.9 Å². The summed E-state index contributed by atoms with van der Waals surface area (Å²) >= 11 is 1.22. The lowest BCUT2D eigenvalue weighted by Gasteiger charge is -2.06. The number of amides is 2. The van der Waals surface area contributed by atoms with Gasteiger partial charge in [-0.15, -0.1) is 11.3 Å². The number of rotatable bonds is 3. The molecule has 2 aromatic heterocycles. The van der Waals surface area contributed by atoms with Crippen molar-refractivity contribution in [1.29, 1.82) is 0 Å². The molecule has 3 aromatic rings. The van der Waals surface area contributed by atoms with Gasteiger partial charge in [0.05, 0.1) is 10.4 Å². The lowest BCUT2D eigenvalue weighted by molar-refractivity contribution is -0.605. The number of carbonyl (C=O) groups is 2. The lowest BCUT2D eigenvalue weighted by atomic mass is 10.2. The summed E-state index contributed by atoms with van der Waals surface area (Å²) in [6.45, 7) is 0. The zero-order valence-electron chi connectivity index (χ0n) is 12.7. The van der Waals surface area contributed by atoms with Crippen LogP contribution in [-0.2, 0) is 0 Å². The normalized spacial score (nSPS) is 10.3. The number of carbonyl (C=O) groups excluding carboxylic acids is 2. The van der Waals surface area contributed by atoms with Gasteiger partial charge >= 0.3 is 0 Å². The molecule has 2 heterocycles. The molecular formula is C17H12FN3O3S. The van der Waals surface area contributed by atoms with E-state index in [4.69, 9.17) is 0 Å². The SMILES string of the molecule is O=C(NNC(=O)c1ccc(-c2ccc(F)cc2)s1)c1cc[n+]([O-])cc1. The Morgan fingerprint density at radius 3 is 2.24 bits per heavy atom. The molecule has 8 heteroatoms. The van der Waals surface area contributed by atoms with Crippen LogP contribution in [0.3, 0.4) is 0 Å². The van der Waals surface area contributed by atoms with Gasteiger partial charge in [-0.1, -0.05) is 12.1 Å². The van der Waals surface area contributed by atoms with Gasteiger partial charge in [0.2, 0.25) is 0 Å². The molecule has 0 spiro atoms. The van der Waals surface area contributed by atoms with Crippen LogP contribution in [0.5, 0.6) is 0 Å². The molecule has 0 saturated heterocycles. The van der Waals surface area contributed by atoms with Crippen molar-refractivity contribution < 1.29 is 18.7 Å². The number of halogens is 1. The van der Waals surface area contributed by atoms with Gasteiger partial charge in [-0.2, -0.15) is 4.73 Å². The molecule has 0 fully saturated rings. The Labute approximate surface area is 146 Å². The molecule has 0 bridgehead atoms. The zero-order chi connectivity index (χ0) is 17.8. The van der Waals surface area contributed by atoms with E-state index in [9.17, 15) is 19.2 Å². The molecule has 3 rings (SSSR count). The number of hydrazine groups is 1. The van der Waals surface area contributed by atoms with Crippen LogP contribution < -0.4 is 15.6 Å². The van der Waals surface area contributed by atoms with Crippen LogP contribution in [0.4, 0.5) is 4.39 Å². The third-order valence-electron chi connectivity index (χ3n) is 3.31. The minimum atomic E-state index is -0.538. The van der Waals surface area contributed by atoms with E-state index in [1.807, 2.05) is 0 Å². The number of aromatic nitrogens is 1.